The van der Waals surface area contributed by atoms with Crippen LogP contribution in [-0.2, 0) is 0 Å². The summed E-state index contributed by atoms with van der Waals surface area (Å²) in [6.45, 7) is 6.07. The molecule has 3 heterocycles. The van der Waals surface area contributed by atoms with Gasteiger partial charge in [-0.3, -0.25) is 0 Å². The van der Waals surface area contributed by atoms with E-state index in [0.29, 0.717) is 5.92 Å². The molecular weight excluding hydrogens is 262 g/mol. The van der Waals surface area contributed by atoms with Crippen LogP contribution in [0, 0.1) is 5.92 Å². The number of thioether (sulfide) groups is 1. The molecule has 3 rings (SSSR count). The summed E-state index contributed by atoms with van der Waals surface area (Å²) in [4.78, 5) is 2.58. The van der Waals surface area contributed by atoms with Gasteiger partial charge in [-0.2, -0.15) is 8.75 Å². The van der Waals surface area contributed by atoms with Gasteiger partial charge in [0.2, 0.25) is 0 Å². The molecule has 18 heavy (non-hydrogen) atoms. The van der Waals surface area contributed by atoms with Crippen LogP contribution in [0.1, 0.15) is 44.2 Å². The molecule has 1 aromatic heterocycles. The Kier molecular flexibility index (Phi) is 4.21. The zero-order valence-electron chi connectivity index (χ0n) is 11.0. The van der Waals surface area contributed by atoms with E-state index in [1.807, 2.05) is 11.8 Å². The molecule has 2 saturated heterocycles. The topological polar surface area (TPSA) is 29.0 Å². The third-order valence-electron chi connectivity index (χ3n) is 4.15. The maximum absolute atomic E-state index is 4.60. The Hall–Kier alpha value is -0.130. The highest BCUT2D eigenvalue weighted by Crippen LogP contribution is 2.42. The minimum Gasteiger partial charge on any atom is -0.302 e. The number of hydrogen-bond donors (Lipinski definition) is 0. The van der Waals surface area contributed by atoms with Crippen molar-refractivity contribution in [3.05, 3.63) is 5.69 Å². The number of nitrogens with zero attached hydrogens (tertiary/aromatic N) is 3. The lowest BCUT2D eigenvalue weighted by molar-refractivity contribution is 0.342. The van der Waals surface area contributed by atoms with E-state index in [2.05, 4.69) is 20.6 Å². The van der Waals surface area contributed by atoms with E-state index >= 15 is 0 Å². The van der Waals surface area contributed by atoms with Gasteiger partial charge < -0.3 is 4.90 Å². The van der Waals surface area contributed by atoms with Gasteiger partial charge in [0, 0.05) is 19.0 Å². The summed E-state index contributed by atoms with van der Waals surface area (Å²) in [5, 5.41) is 1.23. The van der Waals surface area contributed by atoms with Gasteiger partial charge in [0.15, 0.2) is 0 Å². The van der Waals surface area contributed by atoms with Gasteiger partial charge in [-0.15, -0.1) is 11.8 Å². The minimum absolute atomic E-state index is 0.672. The monoisotopic (exact) mass is 283 g/mol. The van der Waals surface area contributed by atoms with Crippen molar-refractivity contribution >= 4 is 23.5 Å². The Bertz CT molecular complexity index is 393. The molecule has 1 aromatic rings. The molecule has 0 aliphatic carbocycles. The molecule has 0 radical (unpaired) electrons. The molecule has 3 atom stereocenters. The predicted octanol–water partition coefficient (Wildman–Crippen LogP) is 3.24. The maximum atomic E-state index is 4.60. The van der Waals surface area contributed by atoms with Crippen molar-refractivity contribution in [3.8, 4) is 0 Å². The van der Waals surface area contributed by atoms with Gasteiger partial charge in [-0.25, -0.2) is 0 Å². The predicted molar refractivity (Wildman–Crippen MR) is 77.4 cm³/mol. The fraction of sp³-hybridized carbons (Fsp3) is 0.846. The average Bonchev–Trinajstić information content (AvgIpc) is 3.09. The van der Waals surface area contributed by atoms with Crippen molar-refractivity contribution in [2.45, 2.75) is 43.6 Å². The molecule has 0 saturated carbocycles. The van der Waals surface area contributed by atoms with Crippen LogP contribution in [0.4, 0.5) is 0 Å². The van der Waals surface area contributed by atoms with Crippen molar-refractivity contribution in [1.82, 2.24) is 13.6 Å². The maximum Gasteiger partial charge on any atom is 0.134 e. The normalized spacial score (nSPS) is 30.2. The Morgan fingerprint density at radius 1 is 1.33 bits per heavy atom. The standard InChI is InChI=1S/C13H21N3S2/c1-2-3-4-7-17-13-12(14-18-15-13)11-9-16-6-5-10(11)8-16/h10-11H,2-9H2,1H3/t10-,11+/m1/s1. The van der Waals surface area contributed by atoms with Crippen molar-refractivity contribution < 1.29 is 0 Å². The third-order valence-corrected chi connectivity index (χ3v) is 5.88. The lowest BCUT2D eigenvalue weighted by Gasteiger charge is -2.20. The fourth-order valence-corrected chi connectivity index (χ4v) is 4.90. The molecule has 100 valence electrons. The number of fused-ring (bicyclic) bond motifs is 2. The van der Waals surface area contributed by atoms with Crippen molar-refractivity contribution in [3.63, 3.8) is 0 Å². The van der Waals surface area contributed by atoms with Crippen LogP contribution < -0.4 is 0 Å². The Balaban J connectivity index is 1.61. The highest BCUT2D eigenvalue weighted by Gasteiger charge is 2.41. The van der Waals surface area contributed by atoms with E-state index in [0.717, 1.165) is 5.92 Å². The summed E-state index contributed by atoms with van der Waals surface area (Å²) < 4.78 is 9.12. The van der Waals surface area contributed by atoms with E-state index in [1.54, 1.807) is 0 Å². The number of aromatic nitrogens is 2. The van der Waals surface area contributed by atoms with Gasteiger partial charge in [-0.05, 0) is 31.1 Å². The SMILES string of the molecule is CCCCCSc1nsnc1[C@H]1CN2CC[C@@H]1C2. The summed E-state index contributed by atoms with van der Waals surface area (Å²) in [7, 11) is 0. The molecule has 0 N–H and O–H groups in total. The Labute approximate surface area is 118 Å². The van der Waals surface area contributed by atoms with Crippen molar-refractivity contribution in [2.75, 3.05) is 25.4 Å². The molecule has 2 bridgehead atoms. The molecule has 5 heteroatoms. The number of unbranched alkanes of at least 4 members (excludes halogenated alkanes) is 2. The summed E-state index contributed by atoms with van der Waals surface area (Å²) in [5.74, 6) is 2.72. The van der Waals surface area contributed by atoms with Crippen molar-refractivity contribution in [2.24, 2.45) is 5.92 Å². The van der Waals surface area contributed by atoms with Crippen LogP contribution in [0.5, 0.6) is 0 Å². The third kappa shape index (κ3) is 2.58. The van der Waals surface area contributed by atoms with E-state index in [-0.39, 0.29) is 0 Å². The van der Waals surface area contributed by atoms with Gasteiger partial charge in [0.1, 0.15) is 5.03 Å². The van der Waals surface area contributed by atoms with Crippen molar-refractivity contribution in [1.29, 1.82) is 0 Å². The summed E-state index contributed by atoms with van der Waals surface area (Å²) >= 11 is 3.33. The summed E-state index contributed by atoms with van der Waals surface area (Å²) in [6.07, 6.45) is 5.29. The molecule has 1 unspecified atom stereocenters. The van der Waals surface area contributed by atoms with Gasteiger partial charge in [0.25, 0.3) is 0 Å². The van der Waals surface area contributed by atoms with Crippen LogP contribution in [-0.4, -0.2) is 39.0 Å². The van der Waals surface area contributed by atoms with Crippen LogP contribution in [0.15, 0.2) is 5.03 Å². The van der Waals surface area contributed by atoms with Crippen LogP contribution in [0.3, 0.4) is 0 Å². The molecule has 2 aliphatic heterocycles. The van der Waals surface area contributed by atoms with Crippen LogP contribution in [0.2, 0.25) is 0 Å². The fourth-order valence-electron chi connectivity index (χ4n) is 3.13. The Morgan fingerprint density at radius 3 is 3.00 bits per heavy atom. The van der Waals surface area contributed by atoms with Gasteiger partial charge in [-0.1, -0.05) is 19.8 Å². The van der Waals surface area contributed by atoms with Crippen LogP contribution in [0.25, 0.3) is 0 Å². The molecule has 0 spiro atoms. The molecule has 0 amide bonds. The average molecular weight is 283 g/mol. The first-order valence-corrected chi connectivity index (χ1v) is 8.77. The van der Waals surface area contributed by atoms with E-state index in [4.69, 9.17) is 0 Å². The quantitative estimate of drug-likeness (QED) is 0.592. The molecule has 3 nitrogen and oxygen atoms in total. The first-order valence-electron chi connectivity index (χ1n) is 7.06. The molecule has 2 fully saturated rings. The number of piperidine rings is 1. The second-order valence-electron chi connectivity index (χ2n) is 5.43. The Morgan fingerprint density at radius 2 is 2.28 bits per heavy atom. The minimum atomic E-state index is 0.672. The molecule has 2 aliphatic rings. The number of rotatable bonds is 6. The van der Waals surface area contributed by atoms with Gasteiger partial charge >= 0.3 is 0 Å². The smallest absolute Gasteiger partial charge is 0.134 e. The second-order valence-corrected chi connectivity index (χ2v) is 7.04. The van der Waals surface area contributed by atoms with E-state index in [9.17, 15) is 0 Å². The summed E-state index contributed by atoms with van der Waals surface area (Å²) in [6, 6.07) is 0. The zero-order chi connectivity index (χ0) is 12.4. The summed E-state index contributed by atoms with van der Waals surface area (Å²) in [5.41, 5.74) is 1.31. The lowest BCUT2D eigenvalue weighted by atomic mass is 9.90. The lowest BCUT2D eigenvalue weighted by Crippen LogP contribution is -2.22. The van der Waals surface area contributed by atoms with E-state index < -0.39 is 0 Å². The van der Waals surface area contributed by atoms with E-state index in [1.165, 1.54) is 73.5 Å². The highest BCUT2D eigenvalue weighted by molar-refractivity contribution is 7.99. The number of hydrogen-bond acceptors (Lipinski definition) is 5. The first-order chi connectivity index (χ1) is 8.88. The van der Waals surface area contributed by atoms with Crippen LogP contribution >= 0.6 is 23.5 Å². The second kappa shape index (κ2) is 5.88. The molecular formula is C13H21N3S2. The molecule has 0 aromatic carbocycles. The highest BCUT2D eigenvalue weighted by atomic mass is 32.2. The zero-order valence-corrected chi connectivity index (χ0v) is 12.6. The first kappa shape index (κ1) is 12.9. The van der Waals surface area contributed by atoms with Gasteiger partial charge in [0.05, 0.1) is 17.4 Å². The largest absolute Gasteiger partial charge is 0.302 e.